The lowest BCUT2D eigenvalue weighted by Crippen LogP contribution is -2.19. The van der Waals surface area contributed by atoms with Crippen LogP contribution in [-0.4, -0.2) is 21.6 Å². The zero-order valence-corrected chi connectivity index (χ0v) is 11.9. The molecule has 0 saturated carbocycles. The molecule has 0 aliphatic heterocycles. The van der Waals surface area contributed by atoms with Crippen LogP contribution < -0.4 is 0 Å². The molecule has 1 unspecified atom stereocenters. The summed E-state index contributed by atoms with van der Waals surface area (Å²) < 4.78 is 33.2. The van der Waals surface area contributed by atoms with E-state index < -0.39 is 17.6 Å². The minimum Gasteiger partial charge on any atom is -0.461 e. The molecule has 2 rings (SSSR count). The molecule has 1 aromatic heterocycles. The Morgan fingerprint density at radius 2 is 2.10 bits per heavy atom. The van der Waals surface area contributed by atoms with Crippen molar-refractivity contribution in [3.8, 4) is 0 Å². The van der Waals surface area contributed by atoms with Crippen molar-refractivity contribution in [2.24, 2.45) is 0 Å². The average Bonchev–Trinajstić information content (AvgIpc) is 2.66. The molecule has 0 aliphatic carbocycles. The number of esters is 1. The van der Waals surface area contributed by atoms with E-state index in [1.54, 1.807) is 6.92 Å². The second-order valence-corrected chi connectivity index (χ2v) is 4.90. The van der Waals surface area contributed by atoms with E-state index in [9.17, 15) is 13.6 Å². The van der Waals surface area contributed by atoms with Gasteiger partial charge in [-0.1, -0.05) is 6.92 Å². The van der Waals surface area contributed by atoms with Crippen molar-refractivity contribution in [2.75, 3.05) is 0 Å². The Balaban J connectivity index is 2.35. The summed E-state index contributed by atoms with van der Waals surface area (Å²) in [6, 6.07) is 2.02. The van der Waals surface area contributed by atoms with E-state index in [4.69, 9.17) is 17.0 Å². The van der Waals surface area contributed by atoms with Gasteiger partial charge in [0.25, 0.3) is 0 Å². The van der Waals surface area contributed by atoms with Gasteiger partial charge in [0.15, 0.2) is 16.4 Å². The lowest BCUT2D eigenvalue weighted by Gasteiger charge is -2.11. The number of hydrogen-bond donors (Lipinski definition) is 1. The molecular weight excluding hydrogens is 286 g/mol. The fraction of sp³-hybridized carbons (Fsp3) is 0.385. The van der Waals surface area contributed by atoms with Crippen molar-refractivity contribution in [1.82, 2.24) is 9.55 Å². The normalized spacial score (nSPS) is 12.6. The summed E-state index contributed by atoms with van der Waals surface area (Å²) in [7, 11) is 0. The molecule has 108 valence electrons. The molecule has 0 amide bonds. The van der Waals surface area contributed by atoms with Crippen LogP contribution in [0.3, 0.4) is 0 Å². The van der Waals surface area contributed by atoms with Crippen LogP contribution in [-0.2, 0) is 16.1 Å². The standard InChI is InChI=1S/C13H14F2N2O2S/c1-3-7(2)19-12(18)6-17-11-5-9(15)8(14)4-10(11)16-13(17)20/h4-5,7H,3,6H2,1-2H3,(H,16,20). The number of benzene rings is 1. The van der Waals surface area contributed by atoms with Crippen LogP contribution in [0, 0.1) is 16.4 Å². The molecule has 0 saturated heterocycles. The summed E-state index contributed by atoms with van der Waals surface area (Å²) in [5.41, 5.74) is 0.667. The van der Waals surface area contributed by atoms with E-state index in [1.165, 1.54) is 4.57 Å². The number of nitrogens with zero attached hydrogens (tertiary/aromatic N) is 1. The summed E-state index contributed by atoms with van der Waals surface area (Å²) in [6.45, 7) is 3.53. The number of imidazole rings is 1. The highest BCUT2D eigenvalue weighted by atomic mass is 32.1. The first-order valence-corrected chi connectivity index (χ1v) is 6.60. The molecule has 2 aromatic rings. The Bertz CT molecular complexity index is 708. The highest BCUT2D eigenvalue weighted by Gasteiger charge is 2.14. The molecule has 0 fully saturated rings. The number of fused-ring (bicyclic) bond motifs is 1. The Morgan fingerprint density at radius 1 is 1.45 bits per heavy atom. The molecule has 20 heavy (non-hydrogen) atoms. The van der Waals surface area contributed by atoms with Gasteiger partial charge in [-0.2, -0.15) is 0 Å². The zero-order chi connectivity index (χ0) is 14.9. The van der Waals surface area contributed by atoms with E-state index in [0.29, 0.717) is 17.5 Å². The van der Waals surface area contributed by atoms with Crippen LogP contribution >= 0.6 is 12.2 Å². The first-order valence-electron chi connectivity index (χ1n) is 6.19. The van der Waals surface area contributed by atoms with Gasteiger partial charge in [-0.15, -0.1) is 0 Å². The number of aromatic nitrogens is 2. The summed E-state index contributed by atoms with van der Waals surface area (Å²) in [5.74, 6) is -2.43. The molecule has 1 N–H and O–H groups in total. The van der Waals surface area contributed by atoms with Crippen LogP contribution in [0.4, 0.5) is 8.78 Å². The largest absolute Gasteiger partial charge is 0.461 e. The van der Waals surface area contributed by atoms with Crippen LogP contribution in [0.2, 0.25) is 0 Å². The van der Waals surface area contributed by atoms with Crippen molar-refractivity contribution >= 4 is 29.2 Å². The Labute approximate surface area is 119 Å². The number of H-pyrrole nitrogens is 1. The van der Waals surface area contributed by atoms with Crippen molar-refractivity contribution in [1.29, 1.82) is 0 Å². The Kier molecular flexibility index (Phi) is 4.17. The van der Waals surface area contributed by atoms with Gasteiger partial charge in [-0.25, -0.2) is 8.78 Å². The van der Waals surface area contributed by atoms with Crippen LogP contribution in [0.25, 0.3) is 11.0 Å². The lowest BCUT2D eigenvalue weighted by atomic mass is 10.3. The van der Waals surface area contributed by atoms with Gasteiger partial charge in [0.05, 0.1) is 17.1 Å². The third kappa shape index (κ3) is 2.87. The molecule has 0 aliphatic rings. The van der Waals surface area contributed by atoms with Crippen molar-refractivity contribution in [3.63, 3.8) is 0 Å². The van der Waals surface area contributed by atoms with E-state index in [2.05, 4.69) is 4.98 Å². The number of carbonyl (C=O) groups excluding carboxylic acids is 1. The number of carbonyl (C=O) groups is 1. The predicted molar refractivity (Wildman–Crippen MR) is 72.9 cm³/mol. The molecule has 0 spiro atoms. The van der Waals surface area contributed by atoms with E-state index in [1.807, 2.05) is 6.92 Å². The molecule has 7 heteroatoms. The summed E-state index contributed by atoms with van der Waals surface area (Å²) >= 11 is 5.05. The second-order valence-electron chi connectivity index (χ2n) is 4.51. The first-order chi connectivity index (χ1) is 9.42. The number of nitrogens with one attached hydrogen (secondary N) is 1. The number of halogens is 2. The molecule has 1 atom stereocenters. The Morgan fingerprint density at radius 3 is 2.75 bits per heavy atom. The predicted octanol–water partition coefficient (Wildman–Crippen LogP) is 3.32. The maximum absolute atomic E-state index is 13.3. The van der Waals surface area contributed by atoms with Gasteiger partial charge < -0.3 is 14.3 Å². The molecule has 0 bridgehead atoms. The van der Waals surface area contributed by atoms with Gasteiger partial charge in [0.2, 0.25) is 0 Å². The van der Waals surface area contributed by atoms with Gasteiger partial charge in [-0.05, 0) is 25.6 Å². The van der Waals surface area contributed by atoms with E-state index >= 15 is 0 Å². The number of ether oxygens (including phenoxy) is 1. The molecule has 1 heterocycles. The van der Waals surface area contributed by atoms with E-state index in [-0.39, 0.29) is 17.4 Å². The van der Waals surface area contributed by atoms with Crippen LogP contribution in [0.15, 0.2) is 12.1 Å². The quantitative estimate of drug-likeness (QED) is 0.696. The summed E-state index contributed by atoms with van der Waals surface area (Å²) in [6.07, 6.45) is 0.501. The Hall–Kier alpha value is -1.76. The minimum atomic E-state index is -0.990. The topological polar surface area (TPSA) is 47.0 Å². The first kappa shape index (κ1) is 14.6. The third-order valence-electron chi connectivity index (χ3n) is 3.01. The average molecular weight is 300 g/mol. The fourth-order valence-electron chi connectivity index (χ4n) is 1.78. The SMILES string of the molecule is CCC(C)OC(=O)Cn1c(=S)[nH]c2cc(F)c(F)cc21. The zero-order valence-electron chi connectivity index (χ0n) is 11.1. The number of aromatic amines is 1. The minimum absolute atomic E-state index is 0.145. The van der Waals surface area contributed by atoms with Crippen LogP contribution in [0.1, 0.15) is 20.3 Å². The van der Waals surface area contributed by atoms with Gasteiger partial charge in [-0.3, -0.25) is 4.79 Å². The second kappa shape index (κ2) is 5.70. The molecule has 4 nitrogen and oxygen atoms in total. The van der Waals surface area contributed by atoms with Gasteiger partial charge in [0.1, 0.15) is 6.54 Å². The molecule has 1 aromatic carbocycles. The van der Waals surface area contributed by atoms with Crippen molar-refractivity contribution in [3.05, 3.63) is 28.5 Å². The van der Waals surface area contributed by atoms with E-state index in [0.717, 1.165) is 12.1 Å². The number of rotatable bonds is 4. The molecule has 0 radical (unpaired) electrons. The monoisotopic (exact) mass is 300 g/mol. The highest BCUT2D eigenvalue weighted by Crippen LogP contribution is 2.18. The summed E-state index contributed by atoms with van der Waals surface area (Å²) in [5, 5.41) is 0. The highest BCUT2D eigenvalue weighted by molar-refractivity contribution is 7.71. The van der Waals surface area contributed by atoms with Gasteiger partial charge in [0, 0.05) is 12.1 Å². The number of hydrogen-bond acceptors (Lipinski definition) is 3. The van der Waals surface area contributed by atoms with Gasteiger partial charge >= 0.3 is 5.97 Å². The fourth-order valence-corrected chi connectivity index (χ4v) is 2.06. The maximum atomic E-state index is 13.3. The lowest BCUT2D eigenvalue weighted by molar-refractivity contribution is -0.149. The maximum Gasteiger partial charge on any atom is 0.326 e. The third-order valence-corrected chi connectivity index (χ3v) is 3.33. The van der Waals surface area contributed by atoms with Crippen molar-refractivity contribution in [2.45, 2.75) is 32.9 Å². The summed E-state index contributed by atoms with van der Waals surface area (Å²) in [4.78, 5) is 14.5. The smallest absolute Gasteiger partial charge is 0.326 e. The van der Waals surface area contributed by atoms with Crippen molar-refractivity contribution < 1.29 is 18.3 Å². The van der Waals surface area contributed by atoms with Crippen LogP contribution in [0.5, 0.6) is 0 Å². The molecular formula is C13H14F2N2O2S.